The second kappa shape index (κ2) is 7.34. The number of benzene rings is 1. The van der Waals surface area contributed by atoms with Gasteiger partial charge >= 0.3 is 0 Å². The molecule has 0 spiro atoms. The molecule has 1 aliphatic heterocycles. The first kappa shape index (κ1) is 20.0. The Morgan fingerprint density at radius 1 is 1.06 bits per heavy atom. The van der Waals surface area contributed by atoms with Crippen molar-refractivity contribution in [3.63, 3.8) is 0 Å². The zero-order valence-corrected chi connectivity index (χ0v) is 18.3. The minimum atomic E-state index is 0.176. The zero-order valence-electron chi connectivity index (χ0n) is 18.3. The number of rotatable bonds is 4. The SMILES string of the molecule is CN(c1ccc(-c2ccc(-c3cn[nH]c3)cc2O)nn1)C1C[C@]2(C)COC[C@](C)(C1)C2. The second-order valence-corrected chi connectivity index (χ2v) is 9.96. The van der Waals surface area contributed by atoms with Crippen molar-refractivity contribution in [2.45, 2.75) is 39.2 Å². The Morgan fingerprint density at radius 3 is 2.45 bits per heavy atom. The average molecular weight is 420 g/mol. The van der Waals surface area contributed by atoms with Crippen LogP contribution in [0.4, 0.5) is 5.82 Å². The summed E-state index contributed by atoms with van der Waals surface area (Å²) < 4.78 is 5.91. The highest BCUT2D eigenvalue weighted by molar-refractivity contribution is 5.73. The summed E-state index contributed by atoms with van der Waals surface area (Å²) in [4.78, 5) is 2.26. The first-order chi connectivity index (χ1) is 14.8. The summed E-state index contributed by atoms with van der Waals surface area (Å²) in [6.07, 6.45) is 6.94. The van der Waals surface area contributed by atoms with E-state index in [2.05, 4.69) is 46.2 Å². The molecular formula is C24H29N5O2. The standard InChI is InChI=1S/C24H29N5O2/c1-23-9-18(10-24(2,13-23)15-31-14-23)29(3)22-7-6-20(27-28-22)19-5-4-16(8-21(19)30)17-11-25-26-12-17/h4-8,11-12,18,30H,9-10,13-15H2,1-3H3,(H,25,26)/t18?,23-,24+. The van der Waals surface area contributed by atoms with E-state index < -0.39 is 0 Å². The monoisotopic (exact) mass is 419 g/mol. The lowest BCUT2D eigenvalue weighted by atomic mass is 9.61. The number of phenols is 1. The lowest BCUT2D eigenvalue weighted by molar-refractivity contribution is -0.111. The Balaban J connectivity index is 1.35. The van der Waals surface area contributed by atoms with Gasteiger partial charge in [-0.25, -0.2) is 0 Å². The van der Waals surface area contributed by atoms with Crippen LogP contribution in [0.3, 0.4) is 0 Å². The Hall–Kier alpha value is -2.93. The number of nitrogens with zero attached hydrogens (tertiary/aromatic N) is 4. The smallest absolute Gasteiger partial charge is 0.151 e. The van der Waals surface area contributed by atoms with E-state index in [1.165, 1.54) is 6.42 Å². The number of aromatic hydroxyl groups is 1. The van der Waals surface area contributed by atoms with Gasteiger partial charge in [0.1, 0.15) is 5.75 Å². The van der Waals surface area contributed by atoms with E-state index >= 15 is 0 Å². The number of hydrogen-bond donors (Lipinski definition) is 2. The Bertz CT molecular complexity index is 1050. The van der Waals surface area contributed by atoms with Crippen LogP contribution in [0.15, 0.2) is 42.7 Å². The van der Waals surface area contributed by atoms with Gasteiger partial charge in [0, 0.05) is 30.4 Å². The van der Waals surface area contributed by atoms with Gasteiger partial charge in [0.2, 0.25) is 0 Å². The van der Waals surface area contributed by atoms with Crippen LogP contribution in [0.2, 0.25) is 0 Å². The fourth-order valence-electron chi connectivity index (χ4n) is 5.60. The largest absolute Gasteiger partial charge is 0.507 e. The van der Waals surface area contributed by atoms with Crippen LogP contribution < -0.4 is 4.90 Å². The van der Waals surface area contributed by atoms with Crippen molar-refractivity contribution in [2.24, 2.45) is 10.8 Å². The van der Waals surface area contributed by atoms with E-state index in [-0.39, 0.29) is 16.6 Å². The molecule has 7 nitrogen and oxygen atoms in total. The molecule has 5 rings (SSSR count). The quantitative estimate of drug-likeness (QED) is 0.657. The summed E-state index contributed by atoms with van der Waals surface area (Å²) in [6.45, 7) is 6.36. The molecule has 3 aromatic rings. The Labute approximate surface area is 182 Å². The molecule has 31 heavy (non-hydrogen) atoms. The lowest BCUT2D eigenvalue weighted by Gasteiger charge is -2.53. The van der Waals surface area contributed by atoms with E-state index in [1.54, 1.807) is 18.5 Å². The highest BCUT2D eigenvalue weighted by atomic mass is 16.5. The Kier molecular flexibility index (Phi) is 4.73. The molecule has 2 fully saturated rings. The second-order valence-electron chi connectivity index (χ2n) is 9.96. The van der Waals surface area contributed by atoms with E-state index in [1.807, 2.05) is 24.3 Å². The minimum absolute atomic E-state index is 0.176. The van der Waals surface area contributed by atoms with E-state index in [0.717, 1.165) is 43.0 Å². The predicted molar refractivity (Wildman–Crippen MR) is 120 cm³/mol. The van der Waals surface area contributed by atoms with Crippen molar-refractivity contribution >= 4 is 5.82 Å². The fraction of sp³-hybridized carbons (Fsp3) is 0.458. The normalized spacial score (nSPS) is 27.8. The highest BCUT2D eigenvalue weighted by Gasteiger charge is 2.48. The topological polar surface area (TPSA) is 87.2 Å². The third kappa shape index (κ3) is 3.78. The van der Waals surface area contributed by atoms with Crippen LogP contribution in [0, 0.1) is 10.8 Å². The van der Waals surface area contributed by atoms with Gasteiger partial charge in [-0.1, -0.05) is 19.9 Å². The van der Waals surface area contributed by atoms with Gasteiger partial charge in [0.25, 0.3) is 0 Å². The number of aromatic amines is 1. The molecule has 1 aliphatic carbocycles. The molecule has 1 saturated carbocycles. The number of hydrogen-bond acceptors (Lipinski definition) is 6. The number of nitrogens with one attached hydrogen (secondary N) is 1. The molecule has 1 unspecified atom stereocenters. The van der Waals surface area contributed by atoms with Crippen LogP contribution in [-0.2, 0) is 4.74 Å². The first-order valence-corrected chi connectivity index (χ1v) is 10.8. The summed E-state index contributed by atoms with van der Waals surface area (Å²) >= 11 is 0. The van der Waals surface area contributed by atoms with Crippen molar-refractivity contribution in [2.75, 3.05) is 25.2 Å². The maximum absolute atomic E-state index is 10.6. The lowest BCUT2D eigenvalue weighted by Crippen LogP contribution is -2.53. The molecule has 0 radical (unpaired) electrons. The van der Waals surface area contributed by atoms with Crippen LogP contribution in [0.5, 0.6) is 5.75 Å². The minimum Gasteiger partial charge on any atom is -0.507 e. The number of fused-ring (bicyclic) bond motifs is 2. The van der Waals surface area contributed by atoms with Gasteiger partial charge < -0.3 is 14.7 Å². The summed E-state index contributed by atoms with van der Waals surface area (Å²) in [5.41, 5.74) is 3.59. The van der Waals surface area contributed by atoms with Gasteiger partial charge in [-0.3, -0.25) is 5.10 Å². The third-order valence-electron chi connectivity index (χ3n) is 6.88. The summed E-state index contributed by atoms with van der Waals surface area (Å²) in [5.74, 6) is 1.03. The first-order valence-electron chi connectivity index (χ1n) is 10.8. The molecule has 2 bridgehead atoms. The molecule has 3 heterocycles. The number of ether oxygens (including phenoxy) is 1. The van der Waals surface area contributed by atoms with Crippen LogP contribution in [-0.4, -0.2) is 51.8 Å². The van der Waals surface area contributed by atoms with E-state index in [0.29, 0.717) is 17.3 Å². The van der Waals surface area contributed by atoms with Crippen molar-refractivity contribution in [1.29, 1.82) is 0 Å². The molecule has 2 N–H and O–H groups in total. The molecule has 2 aromatic heterocycles. The van der Waals surface area contributed by atoms with Gasteiger partial charge in [-0.2, -0.15) is 5.10 Å². The van der Waals surface area contributed by atoms with Crippen molar-refractivity contribution in [3.05, 3.63) is 42.7 Å². The summed E-state index contributed by atoms with van der Waals surface area (Å²) in [5, 5.41) is 26.2. The summed E-state index contributed by atoms with van der Waals surface area (Å²) in [7, 11) is 2.11. The van der Waals surface area contributed by atoms with Crippen LogP contribution in [0.25, 0.3) is 22.4 Å². The van der Waals surface area contributed by atoms with Crippen LogP contribution >= 0.6 is 0 Å². The molecule has 162 valence electrons. The zero-order chi connectivity index (χ0) is 21.6. The number of phenolic OH excluding ortho intramolecular Hbond substituents is 1. The fourth-order valence-corrected chi connectivity index (χ4v) is 5.60. The highest BCUT2D eigenvalue weighted by Crippen LogP contribution is 2.51. The molecule has 1 saturated heterocycles. The molecular weight excluding hydrogens is 390 g/mol. The molecule has 7 heteroatoms. The third-order valence-corrected chi connectivity index (χ3v) is 6.88. The molecule has 3 atom stereocenters. The van der Waals surface area contributed by atoms with Crippen molar-refractivity contribution < 1.29 is 9.84 Å². The number of aromatic nitrogens is 4. The maximum atomic E-state index is 10.6. The molecule has 1 aromatic carbocycles. The van der Waals surface area contributed by atoms with E-state index in [4.69, 9.17) is 4.74 Å². The Morgan fingerprint density at radius 2 is 1.84 bits per heavy atom. The molecule has 2 aliphatic rings. The maximum Gasteiger partial charge on any atom is 0.151 e. The van der Waals surface area contributed by atoms with Gasteiger partial charge in [0.05, 0.1) is 25.1 Å². The average Bonchev–Trinajstić information content (AvgIpc) is 3.27. The van der Waals surface area contributed by atoms with Crippen molar-refractivity contribution in [3.8, 4) is 28.1 Å². The number of H-pyrrole nitrogens is 1. The predicted octanol–water partition coefficient (Wildman–Crippen LogP) is 4.27. The van der Waals surface area contributed by atoms with Gasteiger partial charge in [-0.15, -0.1) is 10.2 Å². The van der Waals surface area contributed by atoms with Crippen LogP contribution in [0.1, 0.15) is 33.1 Å². The van der Waals surface area contributed by atoms with Gasteiger partial charge in [0.15, 0.2) is 5.82 Å². The van der Waals surface area contributed by atoms with Crippen molar-refractivity contribution in [1.82, 2.24) is 20.4 Å². The molecule has 0 amide bonds. The number of anilines is 1. The summed E-state index contributed by atoms with van der Waals surface area (Å²) in [6, 6.07) is 9.89. The van der Waals surface area contributed by atoms with E-state index in [9.17, 15) is 5.11 Å². The van der Waals surface area contributed by atoms with Gasteiger partial charge in [-0.05, 0) is 59.9 Å².